The van der Waals surface area contributed by atoms with Crippen LogP contribution in [0.2, 0.25) is 0 Å². The molecule has 0 saturated heterocycles. The second-order valence-electron chi connectivity index (χ2n) is 5.60. The molecule has 0 saturated carbocycles. The summed E-state index contributed by atoms with van der Waals surface area (Å²) in [6, 6.07) is 14.7. The SMILES string of the molecule is CS(=O)(=O)Cc1ccc(C(=O)N2CCc3ccccc32)cc1. The van der Waals surface area contributed by atoms with Gasteiger partial charge in [0.1, 0.15) is 0 Å². The van der Waals surface area contributed by atoms with Crippen molar-refractivity contribution in [2.45, 2.75) is 12.2 Å². The van der Waals surface area contributed by atoms with E-state index in [1.807, 2.05) is 24.3 Å². The zero-order valence-electron chi connectivity index (χ0n) is 12.3. The summed E-state index contributed by atoms with van der Waals surface area (Å²) >= 11 is 0. The Labute approximate surface area is 130 Å². The second-order valence-corrected chi connectivity index (χ2v) is 7.74. The smallest absolute Gasteiger partial charge is 0.258 e. The number of hydrogen-bond acceptors (Lipinski definition) is 3. The highest BCUT2D eigenvalue weighted by Crippen LogP contribution is 2.28. The molecule has 4 nitrogen and oxygen atoms in total. The Kier molecular flexibility index (Phi) is 3.74. The summed E-state index contributed by atoms with van der Waals surface area (Å²) in [5.74, 6) is -0.0514. The minimum absolute atomic E-state index is 0.00593. The summed E-state index contributed by atoms with van der Waals surface area (Å²) in [6.07, 6.45) is 2.07. The lowest BCUT2D eigenvalue weighted by Gasteiger charge is -2.17. The monoisotopic (exact) mass is 315 g/mol. The van der Waals surface area contributed by atoms with Crippen molar-refractivity contribution in [1.82, 2.24) is 0 Å². The lowest BCUT2D eigenvalue weighted by molar-refractivity contribution is 0.0989. The van der Waals surface area contributed by atoms with Gasteiger partial charge in [0.15, 0.2) is 9.84 Å². The first-order valence-corrected chi connectivity index (χ1v) is 9.16. The molecule has 0 unspecified atom stereocenters. The molecule has 3 rings (SSSR count). The summed E-state index contributed by atoms with van der Waals surface area (Å²) < 4.78 is 22.6. The minimum Gasteiger partial charge on any atom is -0.308 e. The predicted molar refractivity (Wildman–Crippen MR) is 86.8 cm³/mol. The van der Waals surface area contributed by atoms with Crippen molar-refractivity contribution in [1.29, 1.82) is 0 Å². The molecule has 1 heterocycles. The highest BCUT2D eigenvalue weighted by molar-refractivity contribution is 7.89. The molecule has 22 heavy (non-hydrogen) atoms. The van der Waals surface area contributed by atoms with E-state index >= 15 is 0 Å². The Morgan fingerprint density at radius 1 is 1.09 bits per heavy atom. The fourth-order valence-corrected chi connectivity index (χ4v) is 3.55. The normalized spacial score (nSPS) is 14.0. The number of hydrogen-bond donors (Lipinski definition) is 0. The van der Waals surface area contributed by atoms with Crippen LogP contribution in [0.4, 0.5) is 5.69 Å². The number of carbonyl (C=O) groups is 1. The number of carbonyl (C=O) groups excluding carboxylic acids is 1. The van der Waals surface area contributed by atoms with Gasteiger partial charge in [0, 0.05) is 24.1 Å². The van der Waals surface area contributed by atoms with Crippen molar-refractivity contribution >= 4 is 21.4 Å². The third kappa shape index (κ3) is 3.04. The van der Waals surface area contributed by atoms with Gasteiger partial charge < -0.3 is 4.90 Å². The van der Waals surface area contributed by atoms with Crippen LogP contribution in [0.15, 0.2) is 48.5 Å². The highest BCUT2D eigenvalue weighted by atomic mass is 32.2. The van der Waals surface area contributed by atoms with E-state index in [2.05, 4.69) is 0 Å². The molecule has 1 aliphatic heterocycles. The van der Waals surface area contributed by atoms with Gasteiger partial charge in [0.2, 0.25) is 0 Å². The van der Waals surface area contributed by atoms with Crippen molar-refractivity contribution in [3.8, 4) is 0 Å². The number of nitrogens with zero attached hydrogens (tertiary/aromatic N) is 1. The van der Waals surface area contributed by atoms with Gasteiger partial charge >= 0.3 is 0 Å². The van der Waals surface area contributed by atoms with E-state index in [1.54, 1.807) is 29.2 Å². The molecule has 0 fully saturated rings. The van der Waals surface area contributed by atoms with Crippen LogP contribution in [0.3, 0.4) is 0 Å². The van der Waals surface area contributed by atoms with Crippen molar-refractivity contribution < 1.29 is 13.2 Å². The molecule has 0 N–H and O–H groups in total. The van der Waals surface area contributed by atoms with Gasteiger partial charge in [0.05, 0.1) is 5.75 Å². The Morgan fingerprint density at radius 3 is 2.45 bits per heavy atom. The number of amides is 1. The summed E-state index contributed by atoms with van der Waals surface area (Å²) in [5.41, 5.74) is 3.42. The Hall–Kier alpha value is -2.14. The Balaban J connectivity index is 1.82. The van der Waals surface area contributed by atoms with Crippen LogP contribution in [-0.2, 0) is 22.0 Å². The molecule has 0 radical (unpaired) electrons. The van der Waals surface area contributed by atoms with Gasteiger partial charge in [-0.1, -0.05) is 30.3 Å². The lowest BCUT2D eigenvalue weighted by atomic mass is 10.1. The minimum atomic E-state index is -3.06. The summed E-state index contributed by atoms with van der Waals surface area (Å²) in [5, 5.41) is 0. The third-order valence-electron chi connectivity index (χ3n) is 3.76. The second kappa shape index (κ2) is 5.57. The average Bonchev–Trinajstić information content (AvgIpc) is 2.89. The van der Waals surface area contributed by atoms with E-state index in [0.29, 0.717) is 17.7 Å². The first-order valence-electron chi connectivity index (χ1n) is 7.10. The van der Waals surface area contributed by atoms with E-state index < -0.39 is 9.84 Å². The third-order valence-corrected chi connectivity index (χ3v) is 4.62. The summed E-state index contributed by atoms with van der Waals surface area (Å²) in [6.45, 7) is 0.684. The molecule has 1 aliphatic rings. The van der Waals surface area contributed by atoms with Gasteiger partial charge in [-0.3, -0.25) is 4.79 Å². The number of anilines is 1. The number of sulfone groups is 1. The van der Waals surface area contributed by atoms with Crippen LogP contribution in [0.1, 0.15) is 21.5 Å². The van der Waals surface area contributed by atoms with Crippen LogP contribution in [-0.4, -0.2) is 27.1 Å². The van der Waals surface area contributed by atoms with Crippen LogP contribution in [0.25, 0.3) is 0 Å². The highest BCUT2D eigenvalue weighted by Gasteiger charge is 2.24. The first-order chi connectivity index (χ1) is 10.4. The van der Waals surface area contributed by atoms with Gasteiger partial charge in [-0.05, 0) is 35.7 Å². The quantitative estimate of drug-likeness (QED) is 0.874. The molecule has 114 valence electrons. The fraction of sp³-hybridized carbons (Fsp3) is 0.235. The molecule has 2 aromatic rings. The van der Waals surface area contributed by atoms with Gasteiger partial charge in [-0.25, -0.2) is 8.42 Å². The van der Waals surface area contributed by atoms with Crippen LogP contribution >= 0.6 is 0 Å². The maximum absolute atomic E-state index is 12.6. The largest absolute Gasteiger partial charge is 0.308 e. The maximum Gasteiger partial charge on any atom is 0.258 e. The van der Waals surface area contributed by atoms with Crippen LogP contribution < -0.4 is 4.90 Å². The number of fused-ring (bicyclic) bond motifs is 1. The lowest BCUT2D eigenvalue weighted by Crippen LogP contribution is -2.28. The van der Waals surface area contributed by atoms with Crippen LogP contribution in [0, 0.1) is 0 Å². The number of benzene rings is 2. The summed E-state index contributed by atoms with van der Waals surface area (Å²) in [4.78, 5) is 14.4. The van der Waals surface area contributed by atoms with Crippen molar-refractivity contribution in [2.75, 3.05) is 17.7 Å². The number of para-hydroxylation sites is 1. The molecule has 0 aromatic heterocycles. The fourth-order valence-electron chi connectivity index (χ4n) is 2.75. The van der Waals surface area contributed by atoms with E-state index in [0.717, 1.165) is 12.1 Å². The summed E-state index contributed by atoms with van der Waals surface area (Å²) in [7, 11) is -3.06. The molecular weight excluding hydrogens is 298 g/mol. The molecule has 0 bridgehead atoms. The van der Waals surface area contributed by atoms with E-state index in [-0.39, 0.29) is 11.7 Å². The van der Waals surface area contributed by atoms with Gasteiger partial charge in [-0.15, -0.1) is 0 Å². The molecule has 0 spiro atoms. The Morgan fingerprint density at radius 2 is 1.77 bits per heavy atom. The zero-order chi connectivity index (χ0) is 15.7. The maximum atomic E-state index is 12.6. The van der Waals surface area contributed by atoms with Gasteiger partial charge in [0.25, 0.3) is 5.91 Å². The average molecular weight is 315 g/mol. The van der Waals surface area contributed by atoms with Crippen molar-refractivity contribution in [3.05, 3.63) is 65.2 Å². The van der Waals surface area contributed by atoms with Gasteiger partial charge in [-0.2, -0.15) is 0 Å². The molecule has 0 atom stereocenters. The van der Waals surface area contributed by atoms with Crippen molar-refractivity contribution in [2.24, 2.45) is 0 Å². The predicted octanol–water partition coefficient (Wildman–Crippen LogP) is 2.43. The van der Waals surface area contributed by atoms with E-state index in [9.17, 15) is 13.2 Å². The van der Waals surface area contributed by atoms with Crippen LogP contribution in [0.5, 0.6) is 0 Å². The van der Waals surface area contributed by atoms with Crippen molar-refractivity contribution in [3.63, 3.8) is 0 Å². The van der Waals surface area contributed by atoms with E-state index in [1.165, 1.54) is 11.8 Å². The molecular formula is C17H17NO3S. The molecule has 0 aliphatic carbocycles. The van der Waals surface area contributed by atoms with E-state index in [4.69, 9.17) is 0 Å². The first kappa shape index (κ1) is 14.8. The number of rotatable bonds is 3. The Bertz CT molecular complexity index is 810. The zero-order valence-corrected chi connectivity index (χ0v) is 13.1. The molecule has 1 amide bonds. The standard InChI is InChI=1S/C17H17NO3S/c1-22(20,21)12-13-6-8-15(9-7-13)17(19)18-11-10-14-4-2-3-5-16(14)18/h2-9H,10-12H2,1H3. The molecule has 5 heteroatoms. The topological polar surface area (TPSA) is 54.5 Å². The molecule has 2 aromatic carbocycles.